The molecule has 0 aliphatic rings. The highest BCUT2D eigenvalue weighted by molar-refractivity contribution is 9.10. The minimum Gasteiger partial charge on any atom is -0.388 e. The maximum absolute atomic E-state index is 14.1. The van der Waals surface area contributed by atoms with E-state index in [1.54, 1.807) is 113 Å². The number of sulfonamides is 2. The van der Waals surface area contributed by atoms with Gasteiger partial charge < -0.3 is 31.5 Å². The molecule has 8 atom stereocenters. The van der Waals surface area contributed by atoms with Crippen LogP contribution in [0.3, 0.4) is 0 Å². The lowest BCUT2D eigenvalue weighted by Gasteiger charge is -2.35. The number of hydrogen-bond donors (Lipinski definition) is 8. The summed E-state index contributed by atoms with van der Waals surface area (Å²) in [5.74, 6) is -4.11. The van der Waals surface area contributed by atoms with Gasteiger partial charge >= 0.3 is 0 Å². The van der Waals surface area contributed by atoms with E-state index in [9.17, 15) is 46.2 Å². The Morgan fingerprint density at radius 1 is 0.470 bits per heavy atom. The minimum absolute atomic E-state index is 0.00229. The van der Waals surface area contributed by atoms with E-state index in [0.29, 0.717) is 20.1 Å². The molecule has 0 heterocycles. The van der Waals surface area contributed by atoms with Gasteiger partial charge in [-0.3, -0.25) is 19.2 Å². The molecule has 4 amide bonds. The van der Waals surface area contributed by atoms with Gasteiger partial charge in [0.25, 0.3) is 0 Å². The lowest BCUT2D eigenvalue weighted by atomic mass is 9.90. The van der Waals surface area contributed by atoms with E-state index in [0.717, 1.165) is 0 Å². The van der Waals surface area contributed by atoms with Gasteiger partial charge in [0.1, 0.15) is 24.3 Å². The van der Waals surface area contributed by atoms with Crippen molar-refractivity contribution < 1.29 is 46.2 Å². The lowest BCUT2D eigenvalue weighted by molar-refractivity contribution is -0.133. The number of nitrogens with one attached hydrogen (secondary N) is 6. The first kappa shape index (κ1) is 54.1. The van der Waals surface area contributed by atoms with E-state index in [1.165, 1.54) is 38.1 Å². The predicted molar refractivity (Wildman–Crippen MR) is 258 cm³/mol. The molecule has 0 aliphatic heterocycles. The SMILES string of the molecule is CC(C)[C@H](NC(=O)[C@H](C)NS(=O)(=O)c1ccc(Br)cc1)C(=O)N[C@@H](Cc1ccccc1)[C@@H](O)[C@H](O)[C@H](Cc1ccccc1)NC(=O)[C@@H](NC(=O)[C@H](C)NS(=O)(=O)c1ccc(Br)cc1)C(C)C. The molecule has 4 aromatic rings. The van der Waals surface area contributed by atoms with Gasteiger partial charge in [-0.15, -0.1) is 0 Å². The Bertz CT molecular complexity index is 2300. The second-order valence-electron chi connectivity index (χ2n) is 16.6. The maximum Gasteiger partial charge on any atom is 0.243 e. The first-order valence-corrected chi connectivity index (χ1v) is 25.8. The quantitative estimate of drug-likeness (QED) is 0.0535. The van der Waals surface area contributed by atoms with Crippen molar-refractivity contribution in [1.82, 2.24) is 30.7 Å². The van der Waals surface area contributed by atoms with E-state index < -0.39 is 104 Å². The molecule has 0 spiro atoms. The highest BCUT2D eigenvalue weighted by Crippen LogP contribution is 2.19. The van der Waals surface area contributed by atoms with E-state index >= 15 is 0 Å². The van der Waals surface area contributed by atoms with Crippen molar-refractivity contribution in [2.75, 3.05) is 0 Å². The fraction of sp³-hybridized carbons (Fsp3) is 0.391. The van der Waals surface area contributed by atoms with Gasteiger partial charge in [0.15, 0.2) is 0 Å². The van der Waals surface area contributed by atoms with Gasteiger partial charge in [-0.2, -0.15) is 9.44 Å². The largest absolute Gasteiger partial charge is 0.388 e. The Hall–Kier alpha value is -4.54. The summed E-state index contributed by atoms with van der Waals surface area (Å²) in [5.41, 5.74) is 1.34. The lowest BCUT2D eigenvalue weighted by Crippen LogP contribution is -2.62. The van der Waals surface area contributed by atoms with Crippen molar-refractivity contribution in [3.8, 4) is 0 Å². The zero-order valence-electron chi connectivity index (χ0n) is 37.3. The van der Waals surface area contributed by atoms with Crippen LogP contribution in [0, 0.1) is 11.8 Å². The Labute approximate surface area is 403 Å². The number of hydrogen-bond acceptors (Lipinski definition) is 10. The highest BCUT2D eigenvalue weighted by Gasteiger charge is 2.38. The number of carbonyl (C=O) groups excluding carboxylic acids is 4. The van der Waals surface area contributed by atoms with Crippen LogP contribution in [-0.2, 0) is 52.1 Å². The molecule has 0 bridgehead atoms. The van der Waals surface area contributed by atoms with Crippen molar-refractivity contribution in [2.45, 2.75) is 113 Å². The number of benzene rings is 4. The summed E-state index contributed by atoms with van der Waals surface area (Å²) in [5, 5.41) is 35.0. The van der Waals surface area contributed by atoms with E-state index in [1.807, 2.05) is 0 Å². The van der Waals surface area contributed by atoms with Gasteiger partial charge in [-0.25, -0.2) is 16.8 Å². The molecule has 358 valence electrons. The van der Waals surface area contributed by atoms with Gasteiger partial charge in [-0.1, -0.05) is 120 Å². The van der Waals surface area contributed by atoms with E-state index in [2.05, 4.69) is 62.6 Å². The van der Waals surface area contributed by atoms with Crippen molar-refractivity contribution in [2.24, 2.45) is 11.8 Å². The minimum atomic E-state index is -4.12. The fourth-order valence-electron chi connectivity index (χ4n) is 6.83. The topological polar surface area (TPSA) is 249 Å². The number of rotatable bonds is 23. The van der Waals surface area contributed by atoms with Crippen LogP contribution in [-0.4, -0.2) is 99.1 Å². The van der Waals surface area contributed by atoms with Crippen LogP contribution in [0.4, 0.5) is 0 Å². The van der Waals surface area contributed by atoms with Crippen LogP contribution in [0.25, 0.3) is 0 Å². The summed E-state index contributed by atoms with van der Waals surface area (Å²) < 4.78 is 58.2. The summed E-state index contributed by atoms with van der Waals surface area (Å²) in [6.07, 6.45) is -3.50. The van der Waals surface area contributed by atoms with Gasteiger partial charge in [0.05, 0.1) is 34.0 Å². The number of amides is 4. The molecule has 66 heavy (non-hydrogen) atoms. The monoisotopic (exact) mass is 1080 g/mol. The summed E-state index contributed by atoms with van der Waals surface area (Å²) in [6, 6.07) is 21.8. The molecule has 0 saturated heterocycles. The summed E-state index contributed by atoms with van der Waals surface area (Å²) in [6.45, 7) is 9.36. The molecule has 0 unspecified atom stereocenters. The predicted octanol–water partition coefficient (Wildman–Crippen LogP) is 3.70. The third kappa shape index (κ3) is 15.8. The Kier molecular flexibility index (Phi) is 20.0. The molecule has 0 saturated carbocycles. The summed E-state index contributed by atoms with van der Waals surface area (Å²) in [4.78, 5) is 55.0. The van der Waals surface area contributed by atoms with E-state index in [4.69, 9.17) is 0 Å². The summed E-state index contributed by atoms with van der Waals surface area (Å²) >= 11 is 6.53. The van der Waals surface area contributed by atoms with Crippen molar-refractivity contribution in [1.29, 1.82) is 0 Å². The van der Waals surface area contributed by atoms with Gasteiger partial charge in [0, 0.05) is 8.95 Å². The summed E-state index contributed by atoms with van der Waals surface area (Å²) in [7, 11) is -8.24. The highest BCUT2D eigenvalue weighted by atomic mass is 79.9. The standard InChI is InChI=1S/C46H58Br2N6O10S2/c1-27(2)39(51-43(57)29(5)53-65(61,62)35-21-17-33(47)18-22-35)45(59)49-37(25-31-13-9-7-10-14-31)41(55)42(56)38(26-32-15-11-8-12-16-32)50-46(60)40(28(3)4)52-44(58)30(6)54-66(63,64)36-23-19-34(48)20-24-36/h7-24,27-30,37-42,53-56H,25-26H2,1-6H3,(H,49,59)(H,50,60)(H,51,57)(H,52,58)/t29-,30-,37-,38-,39-,40-,41+,42+/m0/s1. The molecule has 0 aliphatic carbocycles. The van der Waals surface area contributed by atoms with Crippen molar-refractivity contribution in [3.63, 3.8) is 0 Å². The molecular weight excluding hydrogens is 1020 g/mol. The molecule has 0 aromatic heterocycles. The second kappa shape index (κ2) is 24.5. The zero-order chi connectivity index (χ0) is 48.9. The van der Waals surface area contributed by atoms with Crippen LogP contribution >= 0.6 is 31.9 Å². The fourth-order valence-corrected chi connectivity index (χ4v) is 9.77. The number of carbonyl (C=O) groups is 4. The average molecular weight is 1080 g/mol. The molecule has 20 heteroatoms. The van der Waals surface area contributed by atoms with Crippen molar-refractivity contribution in [3.05, 3.63) is 129 Å². The molecule has 16 nitrogen and oxygen atoms in total. The molecular formula is C46H58Br2N6O10S2. The number of aliphatic hydroxyl groups excluding tert-OH is 2. The average Bonchev–Trinajstić information content (AvgIpc) is 3.26. The second-order valence-corrected chi connectivity index (χ2v) is 21.9. The third-order valence-electron chi connectivity index (χ3n) is 10.6. The van der Waals surface area contributed by atoms with Crippen LogP contribution in [0.1, 0.15) is 52.7 Å². The van der Waals surface area contributed by atoms with Crippen LogP contribution in [0.15, 0.2) is 128 Å². The Morgan fingerprint density at radius 3 is 1.06 bits per heavy atom. The number of aliphatic hydroxyl groups is 2. The molecule has 0 fully saturated rings. The number of halogens is 2. The molecule has 0 radical (unpaired) electrons. The van der Waals surface area contributed by atoms with Gasteiger partial charge in [-0.05, 0) is 98.2 Å². The van der Waals surface area contributed by atoms with Crippen LogP contribution in [0.5, 0.6) is 0 Å². The molecule has 4 rings (SSSR count). The van der Waals surface area contributed by atoms with Crippen LogP contribution in [0.2, 0.25) is 0 Å². The van der Waals surface area contributed by atoms with Crippen molar-refractivity contribution >= 4 is 75.5 Å². The first-order chi connectivity index (χ1) is 31.0. The van der Waals surface area contributed by atoms with E-state index in [-0.39, 0.29) is 22.6 Å². The van der Waals surface area contributed by atoms with Gasteiger partial charge in [0.2, 0.25) is 43.7 Å². The Morgan fingerprint density at radius 2 is 0.773 bits per heavy atom. The maximum atomic E-state index is 14.1. The normalized spacial score (nSPS) is 15.6. The smallest absolute Gasteiger partial charge is 0.243 e. The first-order valence-electron chi connectivity index (χ1n) is 21.2. The third-order valence-corrected chi connectivity index (χ3v) is 14.8. The molecule has 8 N–H and O–H groups in total. The molecule has 4 aromatic carbocycles. The van der Waals surface area contributed by atoms with Crippen LogP contribution < -0.4 is 30.7 Å². The Balaban J connectivity index is 1.56. The zero-order valence-corrected chi connectivity index (χ0v) is 42.1.